The molecule has 0 amide bonds. The van der Waals surface area contributed by atoms with Gasteiger partial charge in [0.05, 0.1) is 0 Å². The number of nitrogens with zero attached hydrogens (tertiary/aromatic N) is 2. The van der Waals surface area contributed by atoms with Crippen molar-refractivity contribution in [2.24, 2.45) is 0 Å². The minimum absolute atomic E-state index is 1.18. The molecule has 0 aliphatic heterocycles. The Kier molecular flexibility index (Phi) is 17.3. The van der Waals surface area contributed by atoms with Crippen LogP contribution in [0.15, 0.2) is 473 Å². The van der Waals surface area contributed by atoms with Gasteiger partial charge < -0.3 is 8.47 Å². The maximum atomic E-state index is 2.80. The van der Waals surface area contributed by atoms with E-state index in [0.717, 1.165) is 0 Å². The SMILES string of the molecule is c1ccc(-c2ccc([Si](c3ccc([Si](c4ccc(-c5ccccc5)cc4)(c4ccc(-c5ccccc5)cc4)n4c5ccccc5c5ccccc54)cc3)(c3ccc([Si](c4ccc(-c5ccccc5)cc4)(c4ccc(-c5ccccc5)cc4)n4c5ccccc5c5ccccc54)cc3)c3ccc4cc5ccccc5cc4c3)cc2)cc1. The van der Waals surface area contributed by atoms with Gasteiger partial charge in [-0.05, 0) is 165 Å². The van der Waals surface area contributed by atoms with Gasteiger partial charge in [0.1, 0.15) is 0 Å². The van der Waals surface area contributed by atoms with E-state index in [0.29, 0.717) is 0 Å². The second-order valence-corrected chi connectivity index (χ2v) is 41.6. The maximum absolute atomic E-state index is 3.56. The molecular weight excluding hydrogens is 1430 g/mol. The fourth-order valence-corrected chi connectivity index (χ4v) is 33.5. The monoisotopic (exact) mass is 1510 g/mol. The third-order valence-corrected chi connectivity index (χ3v) is 38.6. The average molecular weight is 1510 g/mol. The zero-order valence-corrected chi connectivity index (χ0v) is 66.4. The highest BCUT2D eigenvalue weighted by atomic mass is 28.3. The van der Waals surface area contributed by atoms with Crippen molar-refractivity contribution in [2.45, 2.75) is 0 Å². The van der Waals surface area contributed by atoms with Crippen LogP contribution >= 0.6 is 0 Å². The first-order chi connectivity index (χ1) is 57.0. The summed E-state index contributed by atoms with van der Waals surface area (Å²) >= 11 is 0. The molecule has 2 heterocycles. The van der Waals surface area contributed by atoms with Gasteiger partial charge in [-0.3, -0.25) is 0 Å². The predicted octanol–water partition coefficient (Wildman–Crippen LogP) is 21.0. The summed E-state index contributed by atoms with van der Waals surface area (Å²) in [5.74, 6) is 0. The molecule has 0 bridgehead atoms. The Labute approximate surface area is 673 Å². The lowest BCUT2D eigenvalue weighted by Crippen LogP contribution is -2.76. The van der Waals surface area contributed by atoms with E-state index in [-0.39, 0.29) is 0 Å². The molecule has 0 saturated heterocycles. The van der Waals surface area contributed by atoms with Crippen molar-refractivity contribution in [3.05, 3.63) is 473 Å². The van der Waals surface area contributed by atoms with E-state index < -0.39 is 24.5 Å². The van der Waals surface area contributed by atoms with E-state index in [9.17, 15) is 0 Å². The molecule has 2 aromatic heterocycles. The third-order valence-electron chi connectivity index (χ3n) is 24.5. The summed E-state index contributed by atoms with van der Waals surface area (Å²) in [5.41, 5.74) is 16.7. The summed E-state index contributed by atoms with van der Waals surface area (Å²) in [4.78, 5) is 0. The van der Waals surface area contributed by atoms with Crippen molar-refractivity contribution in [3.63, 3.8) is 0 Å². The fourth-order valence-electron chi connectivity index (χ4n) is 19.1. The van der Waals surface area contributed by atoms with Crippen LogP contribution in [0.5, 0.6) is 0 Å². The largest absolute Gasteiger partial charge is 0.355 e. The van der Waals surface area contributed by atoms with Crippen LogP contribution in [-0.4, -0.2) is 33.0 Å². The van der Waals surface area contributed by atoms with Crippen molar-refractivity contribution in [1.82, 2.24) is 8.47 Å². The standard InChI is InChI=1S/C110H78N2Si3/c1-6-26-79(27-7-1)84-46-57-93(58-47-84)113(102-67-56-91-76-89-36-16-17-37-90(89)77-92(91)78-102,94-68-72-100(73-69-94)114(96-59-48-85(49-60-96)80-28-8-2-9-29-80,97-61-50-86(51-62-97)81-30-10-3-11-31-81)111-107-42-22-18-38-103(107)104-39-19-23-43-108(104)111)95-70-74-101(75-71-95)115(98-63-52-87(53-64-98)82-32-12-4-13-33-82,99-65-54-88(55-66-99)83-34-14-5-15-35-83)112-109-44-24-20-40-105(109)106-41-21-25-45-110(106)112/h1-78H. The first-order valence-electron chi connectivity index (χ1n) is 39.9. The minimum Gasteiger partial charge on any atom is -0.355 e. The van der Waals surface area contributed by atoms with Gasteiger partial charge in [0.15, 0.2) is 8.07 Å². The smallest absolute Gasteiger partial charge is 0.257 e. The summed E-state index contributed by atoms with van der Waals surface area (Å²) in [6.07, 6.45) is 0. The molecule has 0 atom stereocenters. The zero-order valence-electron chi connectivity index (χ0n) is 63.4. The quantitative estimate of drug-likeness (QED) is 0.0488. The lowest BCUT2D eigenvalue weighted by molar-refractivity contribution is 1.30. The Balaban J connectivity index is 0.857. The Morgan fingerprint density at radius 3 is 0.600 bits per heavy atom. The Morgan fingerprint density at radius 2 is 0.322 bits per heavy atom. The number of fused-ring (bicyclic) bond motifs is 8. The van der Waals surface area contributed by atoms with Gasteiger partial charge in [0, 0.05) is 43.6 Å². The minimum atomic E-state index is -3.56. The molecule has 115 heavy (non-hydrogen) atoms. The van der Waals surface area contributed by atoms with Crippen LogP contribution in [0.25, 0.3) is 121 Å². The van der Waals surface area contributed by atoms with Gasteiger partial charge in [-0.15, -0.1) is 0 Å². The van der Waals surface area contributed by atoms with Gasteiger partial charge in [0.25, 0.3) is 16.5 Å². The summed E-state index contributed by atoms with van der Waals surface area (Å²) in [7, 11) is -10.6. The Morgan fingerprint density at radius 1 is 0.130 bits per heavy atom. The van der Waals surface area contributed by atoms with Gasteiger partial charge in [-0.1, -0.05) is 437 Å². The molecule has 5 heteroatoms. The van der Waals surface area contributed by atoms with Crippen LogP contribution in [0, 0.1) is 0 Å². The molecule has 0 fully saturated rings. The first-order valence-corrected chi connectivity index (χ1v) is 45.8. The normalized spacial score (nSPS) is 12.0. The molecule has 0 N–H and O–H groups in total. The lowest BCUT2D eigenvalue weighted by Gasteiger charge is -2.39. The van der Waals surface area contributed by atoms with Crippen molar-refractivity contribution >= 4 is 142 Å². The van der Waals surface area contributed by atoms with Crippen molar-refractivity contribution in [1.29, 1.82) is 0 Å². The summed E-state index contributed by atoms with van der Waals surface area (Å²) in [6, 6.07) is 181. The summed E-state index contributed by atoms with van der Waals surface area (Å²) < 4.78 is 5.61. The fraction of sp³-hybridized carbons (Fsp3) is 0. The van der Waals surface area contributed by atoms with Gasteiger partial charge in [-0.2, -0.15) is 0 Å². The van der Waals surface area contributed by atoms with Crippen LogP contribution in [0.4, 0.5) is 0 Å². The van der Waals surface area contributed by atoms with Crippen LogP contribution in [0.1, 0.15) is 0 Å². The van der Waals surface area contributed by atoms with Crippen LogP contribution in [-0.2, 0) is 0 Å². The second-order valence-electron chi connectivity index (χ2n) is 30.5. The van der Waals surface area contributed by atoms with Gasteiger partial charge in [0.2, 0.25) is 0 Å². The molecule has 0 saturated carbocycles. The second kappa shape index (κ2) is 28.9. The molecule has 2 nitrogen and oxygen atoms in total. The number of para-hydroxylation sites is 4. The topological polar surface area (TPSA) is 9.86 Å². The number of hydrogen-bond acceptors (Lipinski definition) is 0. The van der Waals surface area contributed by atoms with Crippen molar-refractivity contribution < 1.29 is 0 Å². The molecular formula is C110H78N2Si3. The third kappa shape index (κ3) is 11.6. The van der Waals surface area contributed by atoms with E-state index in [2.05, 4.69) is 482 Å². The molecule has 19 aromatic carbocycles. The number of benzene rings is 19. The van der Waals surface area contributed by atoms with Crippen molar-refractivity contribution in [3.8, 4) is 55.6 Å². The van der Waals surface area contributed by atoms with Gasteiger partial charge >= 0.3 is 0 Å². The number of aromatic nitrogens is 2. The Bertz CT molecular complexity index is 6510. The molecule has 0 spiro atoms. The Hall–Kier alpha value is -14.0. The summed E-state index contributed by atoms with van der Waals surface area (Å²) in [5, 5.41) is 22.8. The number of rotatable bonds is 17. The highest BCUT2D eigenvalue weighted by Gasteiger charge is 2.49. The van der Waals surface area contributed by atoms with E-state index in [4.69, 9.17) is 0 Å². The zero-order chi connectivity index (χ0) is 76.3. The lowest BCUT2D eigenvalue weighted by atomic mass is 10.0. The van der Waals surface area contributed by atoms with Crippen LogP contribution < -0.4 is 51.9 Å². The molecule has 21 aromatic rings. The van der Waals surface area contributed by atoms with E-state index in [1.54, 1.807) is 0 Å². The van der Waals surface area contributed by atoms with E-state index >= 15 is 0 Å². The predicted molar refractivity (Wildman–Crippen MR) is 497 cm³/mol. The average Bonchev–Trinajstić information content (AvgIpc) is 1.65. The highest BCUT2D eigenvalue weighted by Crippen LogP contribution is 2.37. The molecule has 21 rings (SSSR count). The van der Waals surface area contributed by atoms with E-state index in [1.165, 1.54) is 173 Å². The number of hydrogen-bond donors (Lipinski definition) is 0. The molecule has 0 unspecified atom stereocenters. The molecule has 0 radical (unpaired) electrons. The van der Waals surface area contributed by atoms with E-state index in [1.807, 2.05) is 0 Å². The molecule has 540 valence electrons. The highest BCUT2D eigenvalue weighted by molar-refractivity contribution is 7.20. The molecule has 0 aliphatic carbocycles. The van der Waals surface area contributed by atoms with Crippen LogP contribution in [0.3, 0.4) is 0 Å². The maximum Gasteiger partial charge on any atom is 0.257 e. The first kappa shape index (κ1) is 68.9. The van der Waals surface area contributed by atoms with Crippen LogP contribution in [0.2, 0.25) is 0 Å². The van der Waals surface area contributed by atoms with Crippen molar-refractivity contribution in [2.75, 3.05) is 0 Å². The summed E-state index contributed by atoms with van der Waals surface area (Å²) in [6.45, 7) is 0. The molecule has 0 aliphatic rings. The van der Waals surface area contributed by atoms with Gasteiger partial charge in [-0.25, -0.2) is 0 Å².